The Morgan fingerprint density at radius 2 is 2.00 bits per heavy atom. The second-order valence-corrected chi connectivity index (χ2v) is 4.83. The molecule has 0 aromatic carbocycles. The van der Waals surface area contributed by atoms with Crippen LogP contribution < -0.4 is 5.32 Å². The monoisotopic (exact) mass is 298 g/mol. The van der Waals surface area contributed by atoms with E-state index >= 15 is 0 Å². The van der Waals surface area contributed by atoms with Crippen molar-refractivity contribution in [2.75, 3.05) is 20.8 Å². The highest BCUT2D eigenvalue weighted by molar-refractivity contribution is 5.88. The Morgan fingerprint density at radius 1 is 1.33 bits per heavy atom. The Balaban J connectivity index is 2.79. The Labute approximate surface area is 124 Å². The van der Waals surface area contributed by atoms with Crippen LogP contribution in [0.4, 0.5) is 0 Å². The van der Waals surface area contributed by atoms with E-state index in [2.05, 4.69) is 15.2 Å². The molecule has 1 aromatic rings. The molecule has 0 radical (unpaired) electrons. The highest BCUT2D eigenvalue weighted by Crippen LogP contribution is 2.23. The predicted octanol–water partition coefficient (Wildman–Crippen LogP) is 1.09. The van der Waals surface area contributed by atoms with Gasteiger partial charge < -0.3 is 19.3 Å². The molecule has 21 heavy (non-hydrogen) atoms. The van der Waals surface area contributed by atoms with Gasteiger partial charge in [0.2, 0.25) is 5.91 Å². The van der Waals surface area contributed by atoms with Crippen molar-refractivity contribution in [1.82, 2.24) is 10.5 Å². The van der Waals surface area contributed by atoms with E-state index in [4.69, 9.17) is 9.26 Å². The van der Waals surface area contributed by atoms with Crippen LogP contribution in [0.15, 0.2) is 4.52 Å². The lowest BCUT2D eigenvalue weighted by atomic mass is 9.98. The second-order valence-electron chi connectivity index (χ2n) is 4.83. The zero-order chi connectivity index (χ0) is 16.0. The van der Waals surface area contributed by atoms with Crippen LogP contribution in [0.5, 0.6) is 0 Å². The molecule has 7 heteroatoms. The van der Waals surface area contributed by atoms with Gasteiger partial charge in [-0.3, -0.25) is 4.79 Å². The first-order valence-electron chi connectivity index (χ1n) is 6.72. The third kappa shape index (κ3) is 4.29. The fourth-order valence-electron chi connectivity index (χ4n) is 2.16. The van der Waals surface area contributed by atoms with E-state index in [1.54, 1.807) is 20.8 Å². The third-order valence-corrected chi connectivity index (χ3v) is 3.33. The maximum atomic E-state index is 12.3. The Hall–Kier alpha value is -1.89. The number of hydrogen-bond donors (Lipinski definition) is 1. The van der Waals surface area contributed by atoms with Gasteiger partial charge in [0.15, 0.2) is 0 Å². The molecule has 0 aliphatic rings. The summed E-state index contributed by atoms with van der Waals surface area (Å²) in [5.41, 5.74) is 1.41. The average molecular weight is 298 g/mol. The summed E-state index contributed by atoms with van der Waals surface area (Å²) in [4.78, 5) is 24.0. The molecule has 0 bridgehead atoms. The maximum absolute atomic E-state index is 12.3. The first-order valence-corrected chi connectivity index (χ1v) is 6.72. The Kier molecular flexibility index (Phi) is 6.36. The zero-order valence-corrected chi connectivity index (χ0v) is 13.1. The molecule has 1 heterocycles. The van der Waals surface area contributed by atoms with Crippen molar-refractivity contribution >= 4 is 11.9 Å². The summed E-state index contributed by atoms with van der Waals surface area (Å²) in [5.74, 6) is -0.644. The van der Waals surface area contributed by atoms with Gasteiger partial charge in [-0.1, -0.05) is 5.16 Å². The molecule has 7 nitrogen and oxygen atoms in total. The smallest absolute Gasteiger partial charge is 0.328 e. The first kappa shape index (κ1) is 17.2. The van der Waals surface area contributed by atoms with E-state index < -0.39 is 17.9 Å². The maximum Gasteiger partial charge on any atom is 0.328 e. The van der Waals surface area contributed by atoms with Crippen LogP contribution >= 0.6 is 0 Å². The summed E-state index contributed by atoms with van der Waals surface area (Å²) >= 11 is 0. The predicted molar refractivity (Wildman–Crippen MR) is 74.8 cm³/mol. The highest BCUT2D eigenvalue weighted by Gasteiger charge is 2.27. The molecule has 1 aromatic heterocycles. The fraction of sp³-hybridized carbons (Fsp3) is 0.643. The average Bonchev–Trinajstić information content (AvgIpc) is 2.80. The topological polar surface area (TPSA) is 90.7 Å². The molecular weight excluding hydrogens is 276 g/mol. The molecule has 1 rings (SSSR count). The highest BCUT2D eigenvalue weighted by atomic mass is 16.5. The summed E-state index contributed by atoms with van der Waals surface area (Å²) in [6, 6.07) is -0.731. The summed E-state index contributed by atoms with van der Waals surface area (Å²) in [5, 5.41) is 6.52. The minimum atomic E-state index is -0.731. The molecule has 2 atom stereocenters. The quantitative estimate of drug-likeness (QED) is 0.758. The van der Waals surface area contributed by atoms with Gasteiger partial charge in [-0.05, 0) is 20.8 Å². The van der Waals surface area contributed by atoms with Crippen molar-refractivity contribution in [3.8, 4) is 0 Å². The van der Waals surface area contributed by atoms with Gasteiger partial charge in [-0.15, -0.1) is 0 Å². The number of aromatic nitrogens is 1. The minimum absolute atomic E-state index is 0.282. The van der Waals surface area contributed by atoms with Crippen LogP contribution in [0.2, 0.25) is 0 Å². The lowest BCUT2D eigenvalue weighted by molar-refractivity contribution is -0.145. The number of rotatable bonds is 7. The number of nitrogens with zero attached hydrogens (tertiary/aromatic N) is 1. The van der Waals surface area contributed by atoms with Crippen LogP contribution in [-0.2, 0) is 19.1 Å². The first-order chi connectivity index (χ1) is 9.92. The van der Waals surface area contributed by atoms with E-state index in [-0.39, 0.29) is 5.91 Å². The number of esters is 1. The Morgan fingerprint density at radius 3 is 2.48 bits per heavy atom. The number of carbonyl (C=O) groups is 2. The lowest BCUT2D eigenvalue weighted by Gasteiger charge is -2.19. The number of amides is 1. The molecule has 0 unspecified atom stereocenters. The molecule has 1 amide bonds. The van der Waals surface area contributed by atoms with E-state index in [0.717, 1.165) is 5.56 Å². The van der Waals surface area contributed by atoms with Crippen LogP contribution in [0.1, 0.15) is 36.3 Å². The van der Waals surface area contributed by atoms with Crippen molar-refractivity contribution in [3.63, 3.8) is 0 Å². The molecular formula is C14H22N2O5. The van der Waals surface area contributed by atoms with Crippen LogP contribution in [0, 0.1) is 13.8 Å². The molecule has 0 spiro atoms. The van der Waals surface area contributed by atoms with Crippen LogP contribution in [0.3, 0.4) is 0 Å². The van der Waals surface area contributed by atoms with Gasteiger partial charge in [0.1, 0.15) is 11.8 Å². The zero-order valence-electron chi connectivity index (χ0n) is 13.1. The number of nitrogens with one attached hydrogen (secondary N) is 1. The van der Waals surface area contributed by atoms with E-state index in [0.29, 0.717) is 24.5 Å². The molecule has 0 aliphatic carbocycles. The molecule has 118 valence electrons. The number of methoxy groups -OCH3 is 2. The van der Waals surface area contributed by atoms with Crippen molar-refractivity contribution in [2.24, 2.45) is 0 Å². The molecule has 0 saturated carbocycles. The van der Waals surface area contributed by atoms with Crippen LogP contribution in [-0.4, -0.2) is 43.9 Å². The molecule has 0 saturated heterocycles. The normalized spacial score (nSPS) is 13.6. The second kappa shape index (κ2) is 7.78. The van der Waals surface area contributed by atoms with E-state index in [1.165, 1.54) is 14.2 Å². The van der Waals surface area contributed by atoms with E-state index in [1.807, 2.05) is 0 Å². The van der Waals surface area contributed by atoms with Crippen molar-refractivity contribution in [1.29, 1.82) is 0 Å². The van der Waals surface area contributed by atoms with Gasteiger partial charge in [-0.25, -0.2) is 4.79 Å². The van der Waals surface area contributed by atoms with Crippen molar-refractivity contribution in [2.45, 2.75) is 39.2 Å². The standard InChI is InChI=1S/C14H22N2O5/c1-8(12-9(2)16-21-10(12)3)13(17)15-11(6-7-19-4)14(18)20-5/h8,11H,6-7H2,1-5H3,(H,15,17)/t8-,11+/m1/s1. The summed E-state index contributed by atoms with van der Waals surface area (Å²) in [6.07, 6.45) is 0.350. The number of carbonyl (C=O) groups excluding carboxylic acids is 2. The minimum Gasteiger partial charge on any atom is -0.467 e. The SMILES string of the molecule is COCC[C@H](NC(=O)[C@H](C)c1c(C)noc1C)C(=O)OC. The van der Waals surface area contributed by atoms with Crippen molar-refractivity contribution in [3.05, 3.63) is 17.0 Å². The molecule has 0 aliphatic heterocycles. The lowest BCUT2D eigenvalue weighted by Crippen LogP contribution is -2.44. The van der Waals surface area contributed by atoms with Gasteiger partial charge in [0, 0.05) is 25.7 Å². The summed E-state index contributed by atoms with van der Waals surface area (Å²) in [7, 11) is 2.81. The van der Waals surface area contributed by atoms with Crippen molar-refractivity contribution < 1.29 is 23.6 Å². The largest absolute Gasteiger partial charge is 0.467 e. The fourth-order valence-corrected chi connectivity index (χ4v) is 2.16. The molecule has 0 fully saturated rings. The summed E-state index contributed by atoms with van der Waals surface area (Å²) < 4.78 is 14.7. The molecule has 1 N–H and O–H groups in total. The van der Waals surface area contributed by atoms with Gasteiger partial charge in [-0.2, -0.15) is 0 Å². The van der Waals surface area contributed by atoms with Gasteiger partial charge >= 0.3 is 5.97 Å². The number of ether oxygens (including phenoxy) is 2. The summed E-state index contributed by atoms with van der Waals surface area (Å²) in [6.45, 7) is 5.62. The van der Waals surface area contributed by atoms with Gasteiger partial charge in [0.25, 0.3) is 0 Å². The number of hydrogen-bond acceptors (Lipinski definition) is 6. The van der Waals surface area contributed by atoms with E-state index in [9.17, 15) is 9.59 Å². The van der Waals surface area contributed by atoms with Gasteiger partial charge in [0.05, 0.1) is 18.7 Å². The third-order valence-electron chi connectivity index (χ3n) is 3.33. The van der Waals surface area contributed by atoms with Crippen LogP contribution in [0.25, 0.3) is 0 Å². The Bertz CT molecular complexity index is 478. The number of aryl methyl sites for hydroxylation is 2.